The average Bonchev–Trinajstić information content (AvgIpc) is 1.53. The summed E-state index contributed by atoms with van der Waals surface area (Å²) in [5, 5.41) is 20.2. The van der Waals surface area contributed by atoms with Gasteiger partial charge < -0.3 is 38.6 Å². The van der Waals surface area contributed by atoms with Crippen molar-refractivity contribution in [1.82, 2.24) is 0 Å². The van der Waals surface area contributed by atoms with Gasteiger partial charge in [0.15, 0.2) is 0 Å². The molecule has 107 heavy (non-hydrogen) atoms. The van der Waals surface area contributed by atoms with Gasteiger partial charge in [-0.2, -0.15) is 52.7 Å². The number of esters is 5. The number of cyclic esters (lactones) is 1. The van der Waals surface area contributed by atoms with Crippen molar-refractivity contribution in [1.29, 1.82) is 0 Å². The van der Waals surface area contributed by atoms with Gasteiger partial charge in [-0.3, -0.25) is 0 Å². The molecule has 0 amide bonds. The molecule has 2 bridgehead atoms. The number of hydrogen-bond donors (Lipinski definition) is 2. The van der Waals surface area contributed by atoms with Crippen LogP contribution in [0.25, 0.3) is 22.9 Å². The summed E-state index contributed by atoms with van der Waals surface area (Å²) in [6, 6.07) is 28.4. The van der Waals surface area contributed by atoms with Gasteiger partial charge in [0.25, 0.3) is 11.2 Å². The van der Waals surface area contributed by atoms with Gasteiger partial charge in [0, 0.05) is 46.6 Å². The van der Waals surface area contributed by atoms with Crippen molar-refractivity contribution in [3.8, 4) is 5.75 Å². The van der Waals surface area contributed by atoms with Crippen molar-refractivity contribution in [3.63, 3.8) is 0 Å². The number of ether oxygens (including phenoxy) is 6. The molecule has 4 aromatic rings. The standard InChI is InChI=1S/C19H14F6O3.C18H24O3.C15H18F6O3.C13H22O2.C9H12O2.C8H8/c1-11-9-16(28-15(11)26,10-17(27,18(20,21)22)19(23,24)25)14-7-6-12-4-2-3-5-13(12)8-14;1-3-18(13-5-4-6-14-18)21-17(19)12-9-15-7-10-16(20-2)11-8-15;1-7(2)12(22)24-11-5-8-3-9(11)4-10(8)6-13(23,14(16,17)18)15(19,20)21;1-10(2)11(14)15-13(12(3,4)5)8-6-7-9-13;1-7(2)9(10)11-8-5-3-4-6-8;1-2-8-6-4-3-5-7-8/h2-8,27H,1,9-10H2;7-12H,3-6,13-14H2,1-2H3;8-11,23H,1,3-6H2,2H3;1,6-9H2,2-5H3;3,5,8H,1,4,6H2,2H3;2-7H,1H2/b;12-9+;;;;. The Labute approximate surface area is 617 Å². The van der Waals surface area contributed by atoms with Crippen LogP contribution < -0.4 is 4.74 Å². The van der Waals surface area contributed by atoms with E-state index in [4.69, 9.17) is 28.4 Å². The number of allylic oxidation sites excluding steroid dienone is 1. The van der Waals surface area contributed by atoms with Gasteiger partial charge in [0.05, 0.1) is 7.11 Å². The number of hydrogen-bond acceptors (Lipinski definition) is 13. The first kappa shape index (κ1) is 89.2. The number of aliphatic hydroxyl groups is 2. The highest BCUT2D eigenvalue weighted by atomic mass is 19.4. The first-order valence-corrected chi connectivity index (χ1v) is 35.3. The number of alkyl halides is 12. The number of carbonyl (C=O) groups is 5. The van der Waals surface area contributed by atoms with Crippen molar-refractivity contribution in [3.05, 3.63) is 187 Å². The van der Waals surface area contributed by atoms with E-state index >= 15 is 0 Å². The third-order valence-corrected chi connectivity index (χ3v) is 20.2. The number of fused-ring (bicyclic) bond motifs is 3. The Hall–Kier alpha value is -8.45. The normalized spacial score (nSPS) is 21.5. The summed E-state index contributed by atoms with van der Waals surface area (Å²) in [6.07, 6.45) is -5.76. The highest BCUT2D eigenvalue weighted by Crippen LogP contribution is 2.57. The van der Waals surface area contributed by atoms with E-state index in [0.29, 0.717) is 28.3 Å². The Morgan fingerprint density at radius 3 is 1.61 bits per heavy atom. The third-order valence-electron chi connectivity index (χ3n) is 20.2. The van der Waals surface area contributed by atoms with Gasteiger partial charge in [-0.05, 0) is 193 Å². The fraction of sp³-hybridized carbons (Fsp3) is 0.500. The van der Waals surface area contributed by atoms with Crippen LogP contribution in [0.1, 0.15) is 181 Å². The molecule has 0 spiro atoms. The van der Waals surface area contributed by atoms with E-state index in [9.17, 15) is 86.9 Å². The quantitative estimate of drug-likeness (QED) is 0.0335. The monoisotopic (exact) mass is 1520 g/mol. The summed E-state index contributed by atoms with van der Waals surface area (Å²) in [7, 11) is 1.64. The lowest BCUT2D eigenvalue weighted by atomic mass is 9.75. The lowest BCUT2D eigenvalue weighted by molar-refractivity contribution is -0.378. The first-order chi connectivity index (χ1) is 49.6. The zero-order valence-electron chi connectivity index (χ0n) is 61.7. The molecule has 6 atom stereocenters. The number of benzene rings is 4. The summed E-state index contributed by atoms with van der Waals surface area (Å²) in [4.78, 5) is 57.9. The van der Waals surface area contributed by atoms with Crippen molar-refractivity contribution in [2.75, 3.05) is 7.11 Å². The molecular formula is C82H98F12O13. The van der Waals surface area contributed by atoms with E-state index in [1.54, 1.807) is 51.3 Å². The number of methoxy groups -OCH3 is 1. The molecule has 13 nitrogen and oxygen atoms in total. The molecule has 5 aliphatic carbocycles. The molecular weight excluding hydrogens is 1420 g/mol. The van der Waals surface area contributed by atoms with Crippen LogP contribution in [-0.4, -0.2) is 106 Å². The highest BCUT2D eigenvalue weighted by molar-refractivity contribution is 5.92. The average molecular weight is 1520 g/mol. The summed E-state index contributed by atoms with van der Waals surface area (Å²) < 4.78 is 188. The Kier molecular flexibility index (Phi) is 30.9. The topological polar surface area (TPSA) is 181 Å². The second-order valence-corrected chi connectivity index (χ2v) is 29.1. The Bertz CT molecular complexity index is 3750. The van der Waals surface area contributed by atoms with Crippen LogP contribution in [0.4, 0.5) is 52.7 Å². The van der Waals surface area contributed by atoms with Gasteiger partial charge >= 0.3 is 54.6 Å². The summed E-state index contributed by atoms with van der Waals surface area (Å²) in [5.74, 6) is -3.33. The van der Waals surface area contributed by atoms with Crippen molar-refractivity contribution < 1.29 is 115 Å². The van der Waals surface area contributed by atoms with Crippen molar-refractivity contribution >= 4 is 52.8 Å². The predicted molar refractivity (Wildman–Crippen MR) is 383 cm³/mol. The van der Waals surface area contributed by atoms with Gasteiger partial charge in [-0.25, -0.2) is 24.0 Å². The molecule has 10 rings (SSSR count). The van der Waals surface area contributed by atoms with Crippen LogP contribution in [0.15, 0.2) is 170 Å². The minimum absolute atomic E-state index is 0.00854. The Morgan fingerprint density at radius 1 is 0.626 bits per heavy atom. The maximum Gasteiger partial charge on any atom is 0.426 e. The molecule has 588 valence electrons. The van der Waals surface area contributed by atoms with Gasteiger partial charge in [0.2, 0.25) is 0 Å². The van der Waals surface area contributed by atoms with Crippen LogP contribution in [0.5, 0.6) is 5.75 Å². The minimum Gasteiger partial charge on any atom is -0.497 e. The lowest BCUT2D eigenvalue weighted by Gasteiger charge is -2.41. The smallest absolute Gasteiger partial charge is 0.426 e. The Balaban J connectivity index is 0.000000240. The number of carbonyl (C=O) groups excluding carboxylic acids is 5. The van der Waals surface area contributed by atoms with E-state index in [1.165, 1.54) is 43.2 Å². The predicted octanol–water partition coefficient (Wildman–Crippen LogP) is 20.5. The van der Waals surface area contributed by atoms with Crippen LogP contribution in [0.3, 0.4) is 0 Å². The molecule has 0 aromatic heterocycles. The molecule has 5 fully saturated rings. The molecule has 4 saturated carbocycles. The molecule has 1 saturated heterocycles. The third kappa shape index (κ3) is 23.8. The zero-order valence-corrected chi connectivity index (χ0v) is 61.7. The molecule has 6 aliphatic rings. The maximum atomic E-state index is 13.3. The fourth-order valence-corrected chi connectivity index (χ4v) is 13.7. The van der Waals surface area contributed by atoms with E-state index < -0.39 is 90.6 Å². The number of halogens is 12. The van der Waals surface area contributed by atoms with Crippen molar-refractivity contribution in [2.24, 2.45) is 23.2 Å². The van der Waals surface area contributed by atoms with Crippen LogP contribution >= 0.6 is 0 Å². The zero-order chi connectivity index (χ0) is 80.4. The lowest BCUT2D eigenvalue weighted by Crippen LogP contribution is -2.60. The molecule has 2 N–H and O–H groups in total. The molecule has 0 radical (unpaired) electrons. The van der Waals surface area contributed by atoms with E-state index in [2.05, 4.69) is 60.6 Å². The molecule has 1 aliphatic heterocycles. The highest BCUT2D eigenvalue weighted by Gasteiger charge is 2.74. The summed E-state index contributed by atoms with van der Waals surface area (Å²) in [6.45, 7) is 30.9. The van der Waals surface area contributed by atoms with E-state index in [-0.39, 0.29) is 76.1 Å². The van der Waals surface area contributed by atoms with E-state index in [1.807, 2.05) is 72.8 Å². The fourth-order valence-electron chi connectivity index (χ4n) is 13.7. The van der Waals surface area contributed by atoms with Crippen LogP contribution in [0.2, 0.25) is 0 Å². The van der Waals surface area contributed by atoms with Crippen LogP contribution in [0, 0.1) is 23.2 Å². The Morgan fingerprint density at radius 2 is 1.16 bits per heavy atom. The summed E-state index contributed by atoms with van der Waals surface area (Å²) >= 11 is 0. The second kappa shape index (κ2) is 37.1. The largest absolute Gasteiger partial charge is 0.497 e. The van der Waals surface area contributed by atoms with E-state index in [0.717, 1.165) is 81.9 Å². The molecule has 4 aromatic carbocycles. The SMILES string of the molecule is C=C(C)C(=O)OC1(C(C)(C)C)CCCC1.C=C(C)C(=O)OC1C=CCC1.C=C(C)C(=O)OC1CC2CC1CC2CC(O)(C(F)(F)F)C(F)(F)F.C=C1CC(CC(O)(C(F)(F)F)C(F)(F)F)(c2ccc3ccccc3c2)OC1=O.C=Cc1ccccc1.CCC1(OC(=O)/C=C/c2ccc(OC)cc2)CCCCC1. The maximum absolute atomic E-state index is 13.3. The van der Waals surface area contributed by atoms with Crippen molar-refractivity contribution in [2.45, 2.75) is 229 Å². The van der Waals surface area contributed by atoms with Crippen LogP contribution in [-0.2, 0) is 53.3 Å². The molecule has 25 heteroatoms. The minimum atomic E-state index is -6.04. The second-order valence-electron chi connectivity index (χ2n) is 29.1. The first-order valence-electron chi connectivity index (χ1n) is 35.3. The summed E-state index contributed by atoms with van der Waals surface area (Å²) in [5.41, 5.74) is -9.75. The molecule has 1 heterocycles. The molecule has 6 unspecified atom stereocenters. The number of rotatable bonds is 17. The van der Waals surface area contributed by atoms with Gasteiger partial charge in [-0.15, -0.1) is 0 Å². The van der Waals surface area contributed by atoms with Gasteiger partial charge in [0.1, 0.15) is 34.8 Å². The van der Waals surface area contributed by atoms with Gasteiger partial charge in [-0.1, -0.05) is 158 Å².